The standard InChI is InChI=1S/C14H16N4O3/c1-21-11-4-2-3-10(9-11)7-8-16-14-12(18(19)20)5-6-13(15)17-14/h2-6,9H,7-8H2,1H3,(H3,15,16,17). The van der Waals surface area contributed by atoms with Crippen molar-refractivity contribution in [1.82, 2.24) is 4.98 Å². The minimum atomic E-state index is -0.486. The molecular formula is C14H16N4O3. The number of anilines is 2. The van der Waals surface area contributed by atoms with Gasteiger partial charge < -0.3 is 15.8 Å². The van der Waals surface area contributed by atoms with Crippen LogP contribution in [0, 0.1) is 10.1 Å². The third kappa shape index (κ3) is 3.82. The van der Waals surface area contributed by atoms with Crippen LogP contribution in [0.25, 0.3) is 0 Å². The third-order valence-corrected chi connectivity index (χ3v) is 2.93. The van der Waals surface area contributed by atoms with Crippen LogP contribution < -0.4 is 15.8 Å². The molecule has 0 bridgehead atoms. The first-order chi connectivity index (χ1) is 10.1. The van der Waals surface area contributed by atoms with Gasteiger partial charge in [0.1, 0.15) is 11.6 Å². The summed E-state index contributed by atoms with van der Waals surface area (Å²) in [7, 11) is 1.61. The molecule has 0 saturated carbocycles. The molecule has 2 aromatic rings. The number of hydrogen-bond donors (Lipinski definition) is 2. The van der Waals surface area contributed by atoms with E-state index in [0.29, 0.717) is 13.0 Å². The molecule has 0 aliphatic heterocycles. The van der Waals surface area contributed by atoms with Gasteiger partial charge in [0, 0.05) is 12.6 Å². The second kappa shape index (κ2) is 6.56. The van der Waals surface area contributed by atoms with E-state index in [0.717, 1.165) is 11.3 Å². The highest BCUT2D eigenvalue weighted by Gasteiger charge is 2.14. The van der Waals surface area contributed by atoms with E-state index < -0.39 is 4.92 Å². The molecule has 3 N–H and O–H groups in total. The SMILES string of the molecule is COc1cccc(CCNc2nc(N)ccc2[N+](=O)[O-])c1. The summed E-state index contributed by atoms with van der Waals surface area (Å²) in [5, 5.41) is 13.9. The number of ether oxygens (including phenoxy) is 1. The van der Waals surface area contributed by atoms with Crippen molar-refractivity contribution in [3.05, 3.63) is 52.1 Å². The van der Waals surface area contributed by atoms with Gasteiger partial charge in [0.2, 0.25) is 5.82 Å². The Morgan fingerprint density at radius 2 is 2.19 bits per heavy atom. The molecule has 110 valence electrons. The fourth-order valence-electron chi connectivity index (χ4n) is 1.90. The van der Waals surface area contributed by atoms with E-state index >= 15 is 0 Å². The second-order valence-electron chi connectivity index (χ2n) is 4.39. The first-order valence-corrected chi connectivity index (χ1v) is 6.38. The molecular weight excluding hydrogens is 272 g/mol. The molecule has 1 aromatic heterocycles. The van der Waals surface area contributed by atoms with Crippen LogP contribution in [0.15, 0.2) is 36.4 Å². The summed E-state index contributed by atoms with van der Waals surface area (Å²) < 4.78 is 5.15. The molecule has 0 radical (unpaired) electrons. The lowest BCUT2D eigenvalue weighted by Gasteiger charge is -2.08. The number of benzene rings is 1. The molecule has 7 nitrogen and oxygen atoms in total. The quantitative estimate of drug-likeness (QED) is 0.624. The van der Waals surface area contributed by atoms with Crippen LogP contribution in [0.5, 0.6) is 5.75 Å². The van der Waals surface area contributed by atoms with Crippen molar-refractivity contribution in [2.45, 2.75) is 6.42 Å². The smallest absolute Gasteiger partial charge is 0.311 e. The molecule has 0 saturated heterocycles. The van der Waals surface area contributed by atoms with Crippen LogP contribution in [0.2, 0.25) is 0 Å². The van der Waals surface area contributed by atoms with Crippen molar-refractivity contribution in [1.29, 1.82) is 0 Å². The summed E-state index contributed by atoms with van der Waals surface area (Å²) in [5.41, 5.74) is 6.53. The summed E-state index contributed by atoms with van der Waals surface area (Å²) >= 11 is 0. The number of pyridine rings is 1. The van der Waals surface area contributed by atoms with Crippen molar-refractivity contribution in [3.8, 4) is 5.75 Å². The lowest BCUT2D eigenvalue weighted by molar-refractivity contribution is -0.384. The molecule has 0 spiro atoms. The summed E-state index contributed by atoms with van der Waals surface area (Å²) in [6.07, 6.45) is 0.685. The van der Waals surface area contributed by atoms with E-state index in [1.165, 1.54) is 12.1 Å². The van der Waals surface area contributed by atoms with Crippen LogP contribution in [-0.4, -0.2) is 23.6 Å². The minimum absolute atomic E-state index is 0.0881. The fourth-order valence-corrected chi connectivity index (χ4v) is 1.90. The first-order valence-electron chi connectivity index (χ1n) is 6.38. The Morgan fingerprint density at radius 3 is 2.90 bits per heavy atom. The van der Waals surface area contributed by atoms with Crippen molar-refractivity contribution in [2.24, 2.45) is 0 Å². The summed E-state index contributed by atoms with van der Waals surface area (Å²) in [6.45, 7) is 0.504. The second-order valence-corrected chi connectivity index (χ2v) is 4.39. The Bertz CT molecular complexity index is 646. The van der Waals surface area contributed by atoms with Crippen LogP contribution >= 0.6 is 0 Å². The fraction of sp³-hybridized carbons (Fsp3) is 0.214. The van der Waals surface area contributed by atoms with E-state index in [4.69, 9.17) is 10.5 Å². The van der Waals surface area contributed by atoms with Crippen LogP contribution in [0.1, 0.15) is 5.56 Å². The molecule has 1 aromatic carbocycles. The van der Waals surface area contributed by atoms with Gasteiger partial charge in [-0.05, 0) is 30.2 Å². The summed E-state index contributed by atoms with van der Waals surface area (Å²) in [4.78, 5) is 14.4. The Kier molecular flexibility index (Phi) is 4.55. The lowest BCUT2D eigenvalue weighted by Crippen LogP contribution is -2.09. The zero-order valence-corrected chi connectivity index (χ0v) is 11.6. The van der Waals surface area contributed by atoms with Gasteiger partial charge in [-0.25, -0.2) is 4.98 Å². The maximum absolute atomic E-state index is 10.9. The van der Waals surface area contributed by atoms with E-state index in [9.17, 15) is 10.1 Å². The monoisotopic (exact) mass is 288 g/mol. The lowest BCUT2D eigenvalue weighted by atomic mass is 10.1. The number of rotatable bonds is 6. The van der Waals surface area contributed by atoms with Crippen molar-refractivity contribution < 1.29 is 9.66 Å². The average Bonchev–Trinajstić information content (AvgIpc) is 2.47. The molecule has 0 unspecified atom stereocenters. The molecule has 1 heterocycles. The number of nitro groups is 1. The highest BCUT2D eigenvalue weighted by atomic mass is 16.6. The molecule has 0 aliphatic carbocycles. The number of aromatic nitrogens is 1. The summed E-state index contributed by atoms with van der Waals surface area (Å²) in [5.74, 6) is 1.20. The first kappa shape index (κ1) is 14.6. The normalized spacial score (nSPS) is 10.1. The van der Waals surface area contributed by atoms with Crippen molar-refractivity contribution >= 4 is 17.3 Å². The van der Waals surface area contributed by atoms with Gasteiger partial charge in [-0.1, -0.05) is 12.1 Å². The maximum atomic E-state index is 10.9. The van der Waals surface area contributed by atoms with Gasteiger partial charge in [0.25, 0.3) is 0 Å². The molecule has 0 fully saturated rings. The van der Waals surface area contributed by atoms with Gasteiger partial charge in [-0.2, -0.15) is 0 Å². The van der Waals surface area contributed by atoms with E-state index in [1.807, 2.05) is 24.3 Å². The zero-order chi connectivity index (χ0) is 15.2. The zero-order valence-electron chi connectivity index (χ0n) is 11.6. The molecule has 0 amide bonds. The van der Waals surface area contributed by atoms with Crippen LogP contribution in [-0.2, 0) is 6.42 Å². The number of nitrogens with one attached hydrogen (secondary N) is 1. The van der Waals surface area contributed by atoms with Gasteiger partial charge in [-0.3, -0.25) is 10.1 Å². The predicted molar refractivity (Wildman–Crippen MR) is 80.5 cm³/mol. The van der Waals surface area contributed by atoms with Crippen LogP contribution in [0.3, 0.4) is 0 Å². The van der Waals surface area contributed by atoms with Gasteiger partial charge in [0.15, 0.2) is 0 Å². The van der Waals surface area contributed by atoms with E-state index in [1.54, 1.807) is 7.11 Å². The number of hydrogen-bond acceptors (Lipinski definition) is 6. The molecule has 0 atom stereocenters. The number of nitrogen functional groups attached to an aromatic ring is 1. The predicted octanol–water partition coefficient (Wildman–Crippen LogP) is 2.24. The molecule has 21 heavy (non-hydrogen) atoms. The highest BCUT2D eigenvalue weighted by molar-refractivity contribution is 5.59. The Labute approximate surface area is 121 Å². The van der Waals surface area contributed by atoms with E-state index in [-0.39, 0.29) is 17.3 Å². The van der Waals surface area contributed by atoms with Crippen LogP contribution in [0.4, 0.5) is 17.3 Å². The topological polar surface area (TPSA) is 103 Å². The average molecular weight is 288 g/mol. The van der Waals surface area contributed by atoms with Crippen molar-refractivity contribution in [3.63, 3.8) is 0 Å². The highest BCUT2D eigenvalue weighted by Crippen LogP contribution is 2.23. The third-order valence-electron chi connectivity index (χ3n) is 2.93. The molecule has 7 heteroatoms. The Balaban J connectivity index is 2.03. The molecule has 0 aliphatic rings. The number of nitrogens with two attached hydrogens (primary N) is 1. The number of nitrogens with zero attached hydrogens (tertiary/aromatic N) is 2. The Morgan fingerprint density at radius 1 is 1.38 bits per heavy atom. The molecule has 2 rings (SSSR count). The van der Waals surface area contributed by atoms with Gasteiger partial charge in [-0.15, -0.1) is 0 Å². The largest absolute Gasteiger partial charge is 0.497 e. The van der Waals surface area contributed by atoms with Gasteiger partial charge in [0.05, 0.1) is 12.0 Å². The minimum Gasteiger partial charge on any atom is -0.497 e. The summed E-state index contributed by atoms with van der Waals surface area (Å²) in [6, 6.07) is 10.4. The maximum Gasteiger partial charge on any atom is 0.311 e. The van der Waals surface area contributed by atoms with Crippen molar-refractivity contribution in [2.75, 3.05) is 24.7 Å². The van der Waals surface area contributed by atoms with Gasteiger partial charge >= 0.3 is 5.69 Å². The Hall–Kier alpha value is -2.83. The van der Waals surface area contributed by atoms with E-state index in [2.05, 4.69) is 10.3 Å². The number of methoxy groups -OCH3 is 1.